The Labute approximate surface area is 206 Å². The van der Waals surface area contributed by atoms with E-state index in [9.17, 15) is 18.0 Å². The number of alkyl halides is 3. The number of carbonyl (C=O) groups is 1. The maximum atomic E-state index is 12.6. The SMILES string of the molecule is COc1ccc(-c2cnc(SCC(=O)Nc3nnc(C)s3)n2-c2ccc(OC(F)(F)F)cc2)cc1. The molecule has 0 aliphatic heterocycles. The van der Waals surface area contributed by atoms with Crippen LogP contribution in [0.15, 0.2) is 59.9 Å². The molecule has 2 aromatic heterocycles. The molecule has 0 saturated heterocycles. The average Bonchev–Trinajstić information content (AvgIpc) is 3.43. The number of benzene rings is 2. The van der Waals surface area contributed by atoms with Gasteiger partial charge in [-0.25, -0.2) is 4.98 Å². The minimum absolute atomic E-state index is 0.0347. The lowest BCUT2D eigenvalue weighted by molar-refractivity contribution is -0.274. The van der Waals surface area contributed by atoms with Crippen LogP contribution in [0, 0.1) is 6.92 Å². The van der Waals surface area contributed by atoms with Gasteiger partial charge in [-0.05, 0) is 55.5 Å². The Morgan fingerprint density at radius 3 is 2.37 bits per heavy atom. The van der Waals surface area contributed by atoms with Gasteiger partial charge in [0, 0.05) is 11.3 Å². The zero-order chi connectivity index (χ0) is 25.0. The molecule has 0 unspecified atom stereocenters. The summed E-state index contributed by atoms with van der Waals surface area (Å²) in [4.78, 5) is 16.9. The number of halogens is 3. The Morgan fingerprint density at radius 2 is 1.77 bits per heavy atom. The van der Waals surface area contributed by atoms with E-state index in [1.807, 2.05) is 12.1 Å². The fourth-order valence-electron chi connectivity index (χ4n) is 3.08. The van der Waals surface area contributed by atoms with E-state index >= 15 is 0 Å². The van der Waals surface area contributed by atoms with Crippen LogP contribution in [-0.2, 0) is 4.79 Å². The van der Waals surface area contributed by atoms with Crippen molar-refractivity contribution in [3.8, 4) is 28.4 Å². The molecule has 4 aromatic rings. The molecule has 1 N–H and O–H groups in total. The van der Waals surface area contributed by atoms with Crippen LogP contribution in [0.4, 0.5) is 18.3 Å². The average molecular weight is 522 g/mol. The predicted molar refractivity (Wildman–Crippen MR) is 126 cm³/mol. The van der Waals surface area contributed by atoms with Crippen molar-refractivity contribution in [2.75, 3.05) is 18.2 Å². The highest BCUT2D eigenvalue weighted by atomic mass is 32.2. The number of hydrogen-bond donors (Lipinski definition) is 1. The predicted octanol–water partition coefficient (Wildman–Crippen LogP) is 5.34. The lowest BCUT2D eigenvalue weighted by Gasteiger charge is -2.14. The van der Waals surface area contributed by atoms with Gasteiger partial charge in [0.1, 0.15) is 16.5 Å². The van der Waals surface area contributed by atoms with E-state index < -0.39 is 6.36 Å². The number of hydrogen-bond acceptors (Lipinski definition) is 8. The van der Waals surface area contributed by atoms with Gasteiger partial charge in [-0.3, -0.25) is 14.7 Å². The summed E-state index contributed by atoms with van der Waals surface area (Å²) >= 11 is 2.43. The van der Waals surface area contributed by atoms with Gasteiger partial charge in [0.15, 0.2) is 5.16 Å². The minimum atomic E-state index is -4.79. The number of imidazole rings is 1. The highest BCUT2D eigenvalue weighted by molar-refractivity contribution is 7.99. The molecule has 0 saturated carbocycles. The van der Waals surface area contributed by atoms with E-state index in [0.717, 1.165) is 10.6 Å². The Morgan fingerprint density at radius 1 is 1.09 bits per heavy atom. The van der Waals surface area contributed by atoms with Crippen molar-refractivity contribution < 1.29 is 27.4 Å². The van der Waals surface area contributed by atoms with Gasteiger partial charge in [0.25, 0.3) is 0 Å². The Hall–Kier alpha value is -3.58. The van der Waals surface area contributed by atoms with Gasteiger partial charge >= 0.3 is 6.36 Å². The quantitative estimate of drug-likeness (QED) is 0.313. The summed E-state index contributed by atoms with van der Waals surface area (Å²) in [5.41, 5.74) is 2.03. The van der Waals surface area contributed by atoms with Crippen LogP contribution in [0.25, 0.3) is 16.9 Å². The summed E-state index contributed by atoms with van der Waals surface area (Å²) in [7, 11) is 1.56. The number of rotatable bonds is 8. The molecule has 0 atom stereocenters. The monoisotopic (exact) mass is 521 g/mol. The van der Waals surface area contributed by atoms with E-state index in [4.69, 9.17) is 4.74 Å². The summed E-state index contributed by atoms with van der Waals surface area (Å²) in [5.74, 6) is 0.0769. The van der Waals surface area contributed by atoms with Crippen molar-refractivity contribution >= 4 is 34.1 Å². The number of anilines is 1. The maximum absolute atomic E-state index is 12.6. The smallest absolute Gasteiger partial charge is 0.497 e. The molecule has 2 heterocycles. The number of carbonyl (C=O) groups excluding carboxylic acids is 1. The van der Waals surface area contributed by atoms with Crippen molar-refractivity contribution in [1.29, 1.82) is 0 Å². The molecule has 8 nitrogen and oxygen atoms in total. The van der Waals surface area contributed by atoms with E-state index in [2.05, 4.69) is 25.2 Å². The van der Waals surface area contributed by atoms with Crippen molar-refractivity contribution in [3.63, 3.8) is 0 Å². The van der Waals surface area contributed by atoms with Gasteiger partial charge < -0.3 is 9.47 Å². The molecule has 35 heavy (non-hydrogen) atoms. The van der Waals surface area contributed by atoms with Crippen molar-refractivity contribution in [2.45, 2.75) is 18.4 Å². The van der Waals surface area contributed by atoms with E-state index in [-0.39, 0.29) is 17.4 Å². The molecule has 0 bridgehead atoms. The van der Waals surface area contributed by atoms with Crippen LogP contribution in [0.2, 0.25) is 0 Å². The summed E-state index contributed by atoms with van der Waals surface area (Å²) in [5, 5.41) is 12.0. The second kappa shape index (κ2) is 10.4. The lowest BCUT2D eigenvalue weighted by atomic mass is 10.1. The van der Waals surface area contributed by atoms with Gasteiger partial charge in [-0.1, -0.05) is 23.1 Å². The molecule has 2 aromatic carbocycles. The van der Waals surface area contributed by atoms with Crippen molar-refractivity contribution in [1.82, 2.24) is 19.7 Å². The summed E-state index contributed by atoms with van der Waals surface area (Å²) < 4.78 is 48.6. The number of nitrogens with zero attached hydrogens (tertiary/aromatic N) is 4. The molecule has 0 radical (unpaired) electrons. The van der Waals surface area contributed by atoms with E-state index in [1.165, 1.54) is 47.4 Å². The number of aryl methyl sites for hydroxylation is 1. The van der Waals surface area contributed by atoms with Gasteiger partial charge in [-0.15, -0.1) is 23.4 Å². The fourth-order valence-corrected chi connectivity index (χ4v) is 4.48. The standard InChI is InChI=1S/C22H18F3N5O3S2/c1-13-28-29-20(35-13)27-19(31)12-34-21-26-11-18(14-3-7-16(32-2)8-4-14)30(21)15-5-9-17(10-6-15)33-22(23,24)25/h3-11H,12H2,1-2H3,(H,27,29,31). The molecular formula is C22H18F3N5O3S2. The van der Waals surface area contributed by atoms with Crippen LogP contribution in [0.5, 0.6) is 11.5 Å². The van der Waals surface area contributed by atoms with Gasteiger partial charge in [0.05, 0.1) is 24.8 Å². The second-order valence-electron chi connectivity index (χ2n) is 6.99. The highest BCUT2D eigenvalue weighted by Crippen LogP contribution is 2.32. The minimum Gasteiger partial charge on any atom is -0.497 e. The normalized spacial score (nSPS) is 11.3. The van der Waals surface area contributed by atoms with Gasteiger partial charge in [-0.2, -0.15) is 0 Å². The van der Waals surface area contributed by atoms with Crippen LogP contribution in [0.1, 0.15) is 5.01 Å². The molecule has 4 rings (SSSR count). The molecular weight excluding hydrogens is 503 g/mol. The third kappa shape index (κ3) is 6.31. The number of amides is 1. The Kier molecular flexibility index (Phi) is 7.26. The lowest BCUT2D eigenvalue weighted by Crippen LogP contribution is -2.17. The molecule has 0 spiro atoms. The first-order valence-electron chi connectivity index (χ1n) is 10.0. The highest BCUT2D eigenvalue weighted by Gasteiger charge is 2.31. The molecule has 0 aliphatic rings. The topological polar surface area (TPSA) is 91.2 Å². The number of thioether (sulfide) groups is 1. The molecule has 1 amide bonds. The Bertz CT molecular complexity index is 1310. The van der Waals surface area contributed by atoms with E-state index in [0.29, 0.717) is 27.4 Å². The third-order valence-electron chi connectivity index (χ3n) is 4.55. The summed E-state index contributed by atoms with van der Waals surface area (Å²) in [6.45, 7) is 1.78. The van der Waals surface area contributed by atoms with Crippen LogP contribution in [-0.4, -0.2) is 44.9 Å². The number of methoxy groups -OCH3 is 1. The zero-order valence-electron chi connectivity index (χ0n) is 18.4. The van der Waals surface area contributed by atoms with Crippen LogP contribution < -0.4 is 14.8 Å². The fraction of sp³-hybridized carbons (Fsp3) is 0.182. The maximum Gasteiger partial charge on any atom is 0.573 e. The van der Waals surface area contributed by atoms with Gasteiger partial charge in [0.2, 0.25) is 11.0 Å². The Balaban J connectivity index is 1.62. The number of ether oxygens (including phenoxy) is 2. The molecule has 0 aliphatic carbocycles. The van der Waals surface area contributed by atoms with Crippen LogP contribution in [0.3, 0.4) is 0 Å². The van der Waals surface area contributed by atoms with Crippen LogP contribution >= 0.6 is 23.1 Å². The van der Waals surface area contributed by atoms with Crippen molar-refractivity contribution in [2.24, 2.45) is 0 Å². The van der Waals surface area contributed by atoms with Crippen molar-refractivity contribution in [3.05, 3.63) is 59.7 Å². The third-order valence-corrected chi connectivity index (χ3v) is 6.26. The summed E-state index contributed by atoms with van der Waals surface area (Å²) in [6.07, 6.45) is -3.15. The first kappa shape index (κ1) is 24.5. The summed E-state index contributed by atoms with van der Waals surface area (Å²) in [6, 6.07) is 12.7. The molecule has 0 fully saturated rings. The number of aromatic nitrogens is 4. The number of nitrogens with one attached hydrogen (secondary N) is 1. The first-order valence-corrected chi connectivity index (χ1v) is 11.8. The second-order valence-corrected chi connectivity index (χ2v) is 9.12. The van der Waals surface area contributed by atoms with E-state index in [1.54, 1.807) is 36.9 Å². The molecule has 182 valence electrons. The largest absolute Gasteiger partial charge is 0.573 e. The first-order chi connectivity index (χ1) is 16.7. The molecule has 13 heteroatoms. The zero-order valence-corrected chi connectivity index (χ0v) is 20.0.